The molecule has 12 heteroatoms. The van der Waals surface area contributed by atoms with Gasteiger partial charge in [0.25, 0.3) is 5.92 Å². The number of fused-ring (bicyclic) bond motifs is 3. The molecule has 0 saturated carbocycles. The zero-order valence-electron chi connectivity index (χ0n) is 15.6. The van der Waals surface area contributed by atoms with Crippen LogP contribution in [0.5, 0.6) is 0 Å². The quantitative estimate of drug-likeness (QED) is 0.498. The van der Waals surface area contributed by atoms with E-state index < -0.39 is 48.6 Å². The van der Waals surface area contributed by atoms with Gasteiger partial charge in [-0.25, -0.2) is 18.6 Å². The number of urea groups is 1. The molecule has 2 amide bonds. The number of carbonyl (C=O) groups excluding carboxylic acids is 1. The number of nitrogens with zero attached hydrogens (tertiary/aromatic N) is 4. The number of alkyl halides is 3. The van der Waals surface area contributed by atoms with E-state index >= 15 is 0 Å². The number of aromatic nitrogens is 3. The second-order valence-corrected chi connectivity index (χ2v) is 8.31. The molecule has 7 nitrogen and oxygen atoms in total. The minimum Gasteiger partial charge on any atom is -0.385 e. The second kappa shape index (κ2) is 7.49. The molecular weight excluding hydrogens is 474 g/mol. The summed E-state index contributed by atoms with van der Waals surface area (Å²) in [5.74, 6) is -4.08. The Bertz CT molecular complexity index is 1000. The summed E-state index contributed by atoms with van der Waals surface area (Å²) >= 11 is 2.93. The van der Waals surface area contributed by atoms with Crippen molar-refractivity contribution in [1.82, 2.24) is 19.7 Å². The van der Waals surface area contributed by atoms with Gasteiger partial charge < -0.3 is 15.3 Å². The smallest absolute Gasteiger partial charge is 0.322 e. The molecule has 2 aliphatic heterocycles. The minimum atomic E-state index is -3.33. The van der Waals surface area contributed by atoms with Gasteiger partial charge in [0, 0.05) is 31.1 Å². The number of amides is 2. The fourth-order valence-electron chi connectivity index (χ4n) is 3.81. The first-order valence-corrected chi connectivity index (χ1v) is 10.0. The van der Waals surface area contributed by atoms with Crippen molar-refractivity contribution in [1.29, 1.82) is 0 Å². The highest BCUT2D eigenvalue weighted by molar-refractivity contribution is 9.10. The summed E-state index contributed by atoms with van der Waals surface area (Å²) in [6.45, 7) is -1.52. The summed E-state index contributed by atoms with van der Waals surface area (Å²) in [7, 11) is 0. The van der Waals surface area contributed by atoms with E-state index in [4.69, 9.17) is 0 Å². The van der Waals surface area contributed by atoms with E-state index in [1.807, 2.05) is 0 Å². The van der Waals surface area contributed by atoms with Gasteiger partial charge in [0.05, 0.1) is 24.5 Å². The Morgan fingerprint density at radius 3 is 2.87 bits per heavy atom. The normalized spacial score (nSPS) is 22.8. The third-order valence-corrected chi connectivity index (χ3v) is 5.97. The van der Waals surface area contributed by atoms with Crippen molar-refractivity contribution in [3.05, 3.63) is 39.6 Å². The van der Waals surface area contributed by atoms with Crippen LogP contribution < -0.4 is 5.32 Å². The van der Waals surface area contributed by atoms with Crippen LogP contribution in [0.25, 0.3) is 0 Å². The Labute approximate surface area is 177 Å². The fraction of sp³-hybridized carbons (Fsp3) is 0.500. The summed E-state index contributed by atoms with van der Waals surface area (Å²) in [4.78, 5) is 17.6. The van der Waals surface area contributed by atoms with Gasteiger partial charge in [-0.15, -0.1) is 0 Å². The maximum absolute atomic E-state index is 14.9. The van der Waals surface area contributed by atoms with Gasteiger partial charge in [-0.05, 0) is 28.4 Å². The monoisotopic (exact) mass is 491 g/mol. The van der Waals surface area contributed by atoms with Crippen LogP contribution in [0, 0.1) is 5.82 Å². The molecule has 4 rings (SSSR count). The number of anilines is 1. The van der Waals surface area contributed by atoms with Gasteiger partial charge in [-0.2, -0.15) is 13.9 Å². The molecule has 2 aromatic rings. The third-order valence-electron chi connectivity index (χ3n) is 5.42. The van der Waals surface area contributed by atoms with Gasteiger partial charge >= 0.3 is 6.03 Å². The van der Waals surface area contributed by atoms with Crippen LogP contribution in [0.3, 0.4) is 0 Å². The largest absolute Gasteiger partial charge is 0.385 e. The zero-order valence-corrected chi connectivity index (χ0v) is 17.2. The van der Waals surface area contributed by atoms with Gasteiger partial charge in [-0.3, -0.25) is 4.68 Å². The topological polar surface area (TPSA) is 83.3 Å². The molecule has 2 aromatic heterocycles. The number of rotatable bonds is 2. The maximum atomic E-state index is 14.9. The minimum absolute atomic E-state index is 0.0665. The van der Waals surface area contributed by atoms with Crippen LogP contribution in [0.4, 0.5) is 28.0 Å². The van der Waals surface area contributed by atoms with Crippen molar-refractivity contribution in [3.8, 4) is 0 Å². The van der Waals surface area contributed by atoms with Crippen molar-refractivity contribution < 1.29 is 27.5 Å². The lowest BCUT2D eigenvalue weighted by molar-refractivity contribution is -0.0473. The van der Waals surface area contributed by atoms with Gasteiger partial charge in [0.15, 0.2) is 5.82 Å². The van der Waals surface area contributed by atoms with Crippen LogP contribution in [-0.4, -0.2) is 49.6 Å². The molecule has 0 radical (unpaired) electrons. The van der Waals surface area contributed by atoms with E-state index in [0.29, 0.717) is 5.69 Å². The summed E-state index contributed by atoms with van der Waals surface area (Å²) in [5, 5.41) is 16.9. The summed E-state index contributed by atoms with van der Waals surface area (Å²) < 4.78 is 58.0. The summed E-state index contributed by atoms with van der Waals surface area (Å²) in [6, 6.07) is 0.625. The van der Waals surface area contributed by atoms with Crippen molar-refractivity contribution in [3.63, 3.8) is 0 Å². The van der Waals surface area contributed by atoms with Crippen LogP contribution >= 0.6 is 15.9 Å². The van der Waals surface area contributed by atoms with E-state index in [-0.39, 0.29) is 41.9 Å². The Morgan fingerprint density at radius 1 is 1.37 bits per heavy atom. The fourth-order valence-corrected chi connectivity index (χ4v) is 4.14. The molecule has 0 aliphatic carbocycles. The van der Waals surface area contributed by atoms with E-state index in [2.05, 4.69) is 31.3 Å². The van der Waals surface area contributed by atoms with Crippen LogP contribution in [-0.2, 0) is 25.4 Å². The van der Waals surface area contributed by atoms with Crippen molar-refractivity contribution >= 4 is 27.6 Å². The average molecular weight is 492 g/mol. The maximum Gasteiger partial charge on any atom is 0.322 e. The lowest BCUT2D eigenvalue weighted by Gasteiger charge is -2.28. The first kappa shape index (κ1) is 21.0. The Morgan fingerprint density at radius 2 is 2.13 bits per heavy atom. The highest BCUT2D eigenvalue weighted by Crippen LogP contribution is 2.42. The Balaban J connectivity index is 1.61. The van der Waals surface area contributed by atoms with E-state index in [0.717, 1.165) is 4.68 Å². The average Bonchev–Trinajstić information content (AvgIpc) is 3.02. The van der Waals surface area contributed by atoms with Crippen LogP contribution in [0.15, 0.2) is 16.9 Å². The zero-order chi connectivity index (χ0) is 21.7. The standard InChI is InChI=1S/C18H18BrF4N5O2/c19-15-13(21)12(1-5-24-15)25-16(29)27-6-2-11-10(7-27)14-18(22,23)4-3-17(30,8-20)9-28(14)26-11/h1,5,30H,2-4,6-9H2,(H,24,25,29)/t17-/m0/s1. The lowest BCUT2D eigenvalue weighted by atomic mass is 9.96. The first-order valence-electron chi connectivity index (χ1n) is 9.25. The number of hydrogen-bond acceptors (Lipinski definition) is 4. The molecule has 0 spiro atoms. The molecule has 0 saturated heterocycles. The molecule has 1 atom stereocenters. The Hall–Kier alpha value is -2.21. The molecule has 2 aliphatic rings. The van der Waals surface area contributed by atoms with Gasteiger partial charge in [0.1, 0.15) is 22.6 Å². The molecule has 0 fully saturated rings. The highest BCUT2D eigenvalue weighted by Gasteiger charge is 2.47. The number of carbonyl (C=O) groups is 1. The molecule has 0 aromatic carbocycles. The van der Waals surface area contributed by atoms with Crippen LogP contribution in [0.2, 0.25) is 0 Å². The third kappa shape index (κ3) is 3.66. The Kier molecular flexibility index (Phi) is 5.25. The van der Waals surface area contributed by atoms with Crippen molar-refractivity contribution in [2.24, 2.45) is 0 Å². The highest BCUT2D eigenvalue weighted by atomic mass is 79.9. The number of nitrogens with one attached hydrogen (secondary N) is 1. The van der Waals surface area contributed by atoms with Crippen molar-refractivity contribution in [2.45, 2.75) is 43.9 Å². The van der Waals surface area contributed by atoms with Gasteiger partial charge in [-0.1, -0.05) is 0 Å². The van der Waals surface area contributed by atoms with Crippen LogP contribution in [0.1, 0.15) is 29.8 Å². The molecule has 4 heterocycles. The van der Waals surface area contributed by atoms with Gasteiger partial charge in [0.2, 0.25) is 0 Å². The predicted octanol–water partition coefficient (Wildman–Crippen LogP) is 3.36. The van der Waals surface area contributed by atoms with E-state index in [9.17, 15) is 27.5 Å². The second-order valence-electron chi connectivity index (χ2n) is 7.56. The summed E-state index contributed by atoms with van der Waals surface area (Å²) in [5.41, 5.74) is -1.85. The number of halogens is 5. The number of pyridine rings is 1. The molecule has 2 N–H and O–H groups in total. The van der Waals surface area contributed by atoms with E-state index in [1.54, 1.807) is 0 Å². The first-order chi connectivity index (χ1) is 14.1. The number of hydrogen-bond donors (Lipinski definition) is 2. The molecule has 0 bridgehead atoms. The molecule has 162 valence electrons. The number of aliphatic hydroxyl groups is 1. The molecule has 0 unspecified atom stereocenters. The SMILES string of the molecule is O=C(Nc1ccnc(Br)c1F)N1CCc2nn3c(c2C1)C(F)(F)CC[C@](O)(CF)C3. The predicted molar refractivity (Wildman–Crippen MR) is 101 cm³/mol. The van der Waals surface area contributed by atoms with E-state index in [1.165, 1.54) is 17.2 Å². The molecule has 30 heavy (non-hydrogen) atoms. The molecular formula is C18H18BrF4N5O2. The van der Waals surface area contributed by atoms with Crippen molar-refractivity contribution in [2.75, 3.05) is 18.5 Å². The summed E-state index contributed by atoms with van der Waals surface area (Å²) in [6.07, 6.45) is 0.375. The lowest BCUT2D eigenvalue weighted by Crippen LogP contribution is -2.39.